The van der Waals surface area contributed by atoms with Gasteiger partial charge in [-0.05, 0) is 50.3 Å². The minimum absolute atomic E-state index is 0.524. The summed E-state index contributed by atoms with van der Waals surface area (Å²) in [5.41, 5.74) is 7.06. The molecule has 1 aromatic rings. The summed E-state index contributed by atoms with van der Waals surface area (Å²) in [5, 5.41) is 3.70. The van der Waals surface area contributed by atoms with Gasteiger partial charge < -0.3 is 16.0 Å². The molecule has 1 saturated carbocycles. The Morgan fingerprint density at radius 3 is 2.89 bits per heavy atom. The van der Waals surface area contributed by atoms with Crippen molar-refractivity contribution >= 4 is 11.5 Å². The SMILES string of the molecule is NCC1CCCC1Nc1cccnc1N1CCCC1. The molecule has 0 spiro atoms. The van der Waals surface area contributed by atoms with Crippen molar-refractivity contribution in [1.29, 1.82) is 0 Å². The first-order chi connectivity index (χ1) is 9.38. The predicted molar refractivity (Wildman–Crippen MR) is 79.5 cm³/mol. The van der Waals surface area contributed by atoms with Crippen molar-refractivity contribution in [3.05, 3.63) is 18.3 Å². The van der Waals surface area contributed by atoms with Crippen LogP contribution in [0.25, 0.3) is 0 Å². The second-order valence-corrected chi connectivity index (χ2v) is 5.75. The monoisotopic (exact) mass is 260 g/mol. The summed E-state index contributed by atoms with van der Waals surface area (Å²) >= 11 is 0. The van der Waals surface area contributed by atoms with Crippen LogP contribution in [0.3, 0.4) is 0 Å². The molecule has 3 N–H and O–H groups in total. The highest BCUT2D eigenvalue weighted by Crippen LogP contribution is 2.32. The van der Waals surface area contributed by atoms with Crippen LogP contribution in [0.4, 0.5) is 11.5 Å². The molecule has 4 heteroatoms. The molecule has 1 saturated heterocycles. The molecule has 19 heavy (non-hydrogen) atoms. The average Bonchev–Trinajstić information content (AvgIpc) is 3.10. The van der Waals surface area contributed by atoms with Crippen LogP contribution in [-0.4, -0.2) is 30.7 Å². The zero-order chi connectivity index (χ0) is 13.1. The molecule has 1 aliphatic carbocycles. The Morgan fingerprint density at radius 1 is 1.26 bits per heavy atom. The molecule has 0 bridgehead atoms. The average molecular weight is 260 g/mol. The van der Waals surface area contributed by atoms with E-state index in [2.05, 4.69) is 21.3 Å². The number of nitrogens with zero attached hydrogens (tertiary/aromatic N) is 2. The molecule has 1 aliphatic heterocycles. The smallest absolute Gasteiger partial charge is 0.151 e. The molecule has 2 aliphatic rings. The first-order valence-corrected chi connectivity index (χ1v) is 7.55. The number of hydrogen-bond donors (Lipinski definition) is 2. The van der Waals surface area contributed by atoms with Crippen molar-refractivity contribution in [2.75, 3.05) is 29.9 Å². The summed E-state index contributed by atoms with van der Waals surface area (Å²) in [6, 6.07) is 4.71. The summed E-state index contributed by atoms with van der Waals surface area (Å²) in [4.78, 5) is 6.98. The normalized spacial score (nSPS) is 26.9. The molecule has 104 valence electrons. The van der Waals surface area contributed by atoms with E-state index in [4.69, 9.17) is 5.73 Å². The number of anilines is 2. The molecule has 2 atom stereocenters. The van der Waals surface area contributed by atoms with E-state index in [1.807, 2.05) is 12.3 Å². The van der Waals surface area contributed by atoms with Gasteiger partial charge in [-0.25, -0.2) is 4.98 Å². The lowest BCUT2D eigenvalue weighted by atomic mass is 10.0. The zero-order valence-corrected chi connectivity index (χ0v) is 11.5. The van der Waals surface area contributed by atoms with Gasteiger partial charge in [0, 0.05) is 25.3 Å². The Hall–Kier alpha value is -1.29. The van der Waals surface area contributed by atoms with Gasteiger partial charge in [0.25, 0.3) is 0 Å². The second kappa shape index (κ2) is 5.78. The van der Waals surface area contributed by atoms with Gasteiger partial charge in [0.05, 0.1) is 5.69 Å². The standard InChI is InChI=1S/C15H24N4/c16-11-12-5-3-6-13(12)18-14-7-4-8-17-15(14)19-9-1-2-10-19/h4,7-8,12-13,18H,1-3,5-6,9-11,16H2. The van der Waals surface area contributed by atoms with E-state index in [1.54, 1.807) is 0 Å². The van der Waals surface area contributed by atoms with Crippen LogP contribution in [0.2, 0.25) is 0 Å². The first-order valence-electron chi connectivity index (χ1n) is 7.55. The largest absolute Gasteiger partial charge is 0.379 e. The van der Waals surface area contributed by atoms with E-state index in [0.717, 1.165) is 25.5 Å². The van der Waals surface area contributed by atoms with Crippen LogP contribution >= 0.6 is 0 Å². The van der Waals surface area contributed by atoms with Gasteiger partial charge in [0.1, 0.15) is 0 Å². The maximum atomic E-state index is 5.87. The van der Waals surface area contributed by atoms with Gasteiger partial charge in [-0.2, -0.15) is 0 Å². The Bertz CT molecular complexity index is 414. The fraction of sp³-hybridized carbons (Fsp3) is 0.667. The summed E-state index contributed by atoms with van der Waals surface area (Å²) < 4.78 is 0. The summed E-state index contributed by atoms with van der Waals surface area (Å²) in [6.45, 7) is 3.06. The molecule has 0 amide bonds. The van der Waals surface area contributed by atoms with Crippen LogP contribution in [0.15, 0.2) is 18.3 Å². The number of nitrogens with one attached hydrogen (secondary N) is 1. The summed E-state index contributed by atoms with van der Waals surface area (Å²) in [7, 11) is 0. The van der Waals surface area contributed by atoms with Gasteiger partial charge in [-0.1, -0.05) is 6.42 Å². The highest BCUT2D eigenvalue weighted by molar-refractivity contribution is 5.66. The fourth-order valence-electron chi connectivity index (χ4n) is 3.40. The van der Waals surface area contributed by atoms with Gasteiger partial charge >= 0.3 is 0 Å². The molecule has 0 radical (unpaired) electrons. The Balaban J connectivity index is 1.76. The second-order valence-electron chi connectivity index (χ2n) is 5.75. The third-order valence-corrected chi connectivity index (χ3v) is 4.50. The van der Waals surface area contributed by atoms with E-state index in [0.29, 0.717) is 12.0 Å². The predicted octanol–water partition coefficient (Wildman–Crippen LogP) is 2.22. The van der Waals surface area contributed by atoms with Crippen LogP contribution in [0.5, 0.6) is 0 Å². The van der Waals surface area contributed by atoms with E-state index >= 15 is 0 Å². The molecular formula is C15H24N4. The zero-order valence-electron chi connectivity index (χ0n) is 11.5. The van der Waals surface area contributed by atoms with Crippen molar-refractivity contribution in [2.24, 2.45) is 11.7 Å². The van der Waals surface area contributed by atoms with Crippen molar-refractivity contribution in [1.82, 2.24) is 4.98 Å². The molecule has 3 rings (SSSR count). The Kier molecular flexibility index (Phi) is 3.87. The minimum Gasteiger partial charge on any atom is -0.379 e. The number of pyridine rings is 1. The third kappa shape index (κ3) is 2.68. The van der Waals surface area contributed by atoms with Gasteiger partial charge in [-0.15, -0.1) is 0 Å². The van der Waals surface area contributed by atoms with E-state index < -0.39 is 0 Å². The topological polar surface area (TPSA) is 54.2 Å². The number of aromatic nitrogens is 1. The van der Waals surface area contributed by atoms with Crippen molar-refractivity contribution in [3.63, 3.8) is 0 Å². The Morgan fingerprint density at radius 2 is 2.11 bits per heavy atom. The van der Waals surface area contributed by atoms with Crippen molar-refractivity contribution in [3.8, 4) is 0 Å². The third-order valence-electron chi connectivity index (χ3n) is 4.50. The fourth-order valence-corrected chi connectivity index (χ4v) is 3.40. The highest BCUT2D eigenvalue weighted by atomic mass is 15.2. The Labute approximate surface area is 115 Å². The number of rotatable bonds is 4. The summed E-state index contributed by atoms with van der Waals surface area (Å²) in [5.74, 6) is 1.74. The number of nitrogens with two attached hydrogens (primary N) is 1. The van der Waals surface area contributed by atoms with Gasteiger partial charge in [0.2, 0.25) is 0 Å². The van der Waals surface area contributed by atoms with Gasteiger partial charge in [0.15, 0.2) is 5.82 Å². The summed E-state index contributed by atoms with van der Waals surface area (Å²) in [6.07, 6.45) is 8.24. The van der Waals surface area contributed by atoms with E-state index in [9.17, 15) is 0 Å². The van der Waals surface area contributed by atoms with Crippen LogP contribution in [-0.2, 0) is 0 Å². The highest BCUT2D eigenvalue weighted by Gasteiger charge is 2.27. The quantitative estimate of drug-likeness (QED) is 0.871. The lowest BCUT2D eigenvalue weighted by Crippen LogP contribution is -2.30. The first kappa shape index (κ1) is 12.7. The van der Waals surface area contributed by atoms with Crippen LogP contribution in [0, 0.1) is 5.92 Å². The lowest BCUT2D eigenvalue weighted by Gasteiger charge is -2.25. The molecule has 4 nitrogen and oxygen atoms in total. The number of hydrogen-bond acceptors (Lipinski definition) is 4. The molecular weight excluding hydrogens is 236 g/mol. The maximum absolute atomic E-state index is 5.87. The van der Waals surface area contributed by atoms with Crippen LogP contribution in [0.1, 0.15) is 32.1 Å². The molecule has 1 aromatic heterocycles. The van der Waals surface area contributed by atoms with E-state index in [-0.39, 0.29) is 0 Å². The van der Waals surface area contributed by atoms with Crippen LogP contribution < -0.4 is 16.0 Å². The molecule has 2 heterocycles. The van der Waals surface area contributed by atoms with Crippen molar-refractivity contribution < 1.29 is 0 Å². The molecule has 2 unspecified atom stereocenters. The van der Waals surface area contributed by atoms with E-state index in [1.165, 1.54) is 37.8 Å². The maximum Gasteiger partial charge on any atom is 0.151 e. The molecule has 0 aromatic carbocycles. The lowest BCUT2D eigenvalue weighted by molar-refractivity contribution is 0.516. The van der Waals surface area contributed by atoms with Gasteiger partial charge in [-0.3, -0.25) is 0 Å². The van der Waals surface area contributed by atoms with Crippen molar-refractivity contribution in [2.45, 2.75) is 38.1 Å². The molecule has 2 fully saturated rings. The minimum atomic E-state index is 0.524.